The Morgan fingerprint density at radius 1 is 0.913 bits per heavy atom. The summed E-state index contributed by atoms with van der Waals surface area (Å²) < 4.78 is 23.5. The van der Waals surface area contributed by atoms with Crippen LogP contribution < -0.4 is 9.47 Å². The van der Waals surface area contributed by atoms with Gasteiger partial charge in [-0.05, 0) is 60.6 Å². The van der Waals surface area contributed by atoms with E-state index in [4.69, 9.17) is 9.47 Å². The van der Waals surface area contributed by atoms with Crippen LogP contribution in [-0.2, 0) is 6.42 Å². The summed E-state index contributed by atoms with van der Waals surface area (Å²) in [6.07, 6.45) is 4.35. The average Bonchev–Trinajstić information content (AvgIpc) is 2.59. The van der Waals surface area contributed by atoms with Crippen LogP contribution in [0.1, 0.15) is 43.2 Å². The van der Waals surface area contributed by atoms with E-state index < -0.39 is 0 Å². The molecule has 0 aliphatic rings. The van der Waals surface area contributed by atoms with E-state index in [-0.39, 0.29) is 5.82 Å². The second kappa shape index (κ2) is 8.56. The highest BCUT2D eigenvalue weighted by Gasteiger charge is 2.09. The number of ether oxygens (including phenoxy) is 2. The van der Waals surface area contributed by atoms with Gasteiger partial charge in [0.25, 0.3) is 0 Å². The molecule has 0 aromatic heterocycles. The lowest BCUT2D eigenvalue weighted by Crippen LogP contribution is -1.97. The summed E-state index contributed by atoms with van der Waals surface area (Å²) in [6.45, 7) is 2.23. The van der Waals surface area contributed by atoms with Crippen LogP contribution in [0.3, 0.4) is 0 Å². The van der Waals surface area contributed by atoms with E-state index in [9.17, 15) is 4.39 Å². The zero-order valence-corrected chi connectivity index (χ0v) is 14.1. The van der Waals surface area contributed by atoms with Gasteiger partial charge in [-0.25, -0.2) is 4.39 Å². The zero-order valence-electron chi connectivity index (χ0n) is 14.1. The first-order valence-electron chi connectivity index (χ1n) is 8.09. The molecule has 0 saturated carbocycles. The maximum atomic E-state index is 12.9. The fraction of sp³-hybridized carbons (Fsp3) is 0.400. The standard InChI is InChI=1S/C20H25FO2/c1-15(17-12-19(22-2)14-20(13-17)23-3)6-4-5-7-16-8-10-18(21)11-9-16/h8-15H,4-7H2,1-3H3. The van der Waals surface area contributed by atoms with Gasteiger partial charge in [-0.3, -0.25) is 0 Å². The molecule has 2 rings (SSSR count). The number of aryl methyl sites for hydroxylation is 1. The van der Waals surface area contributed by atoms with Gasteiger partial charge in [0, 0.05) is 6.07 Å². The highest BCUT2D eigenvalue weighted by molar-refractivity contribution is 5.39. The lowest BCUT2D eigenvalue weighted by Gasteiger charge is -2.14. The summed E-state index contributed by atoms with van der Waals surface area (Å²) in [5, 5.41) is 0. The largest absolute Gasteiger partial charge is 0.497 e. The van der Waals surface area contributed by atoms with Gasteiger partial charge in [0.2, 0.25) is 0 Å². The Balaban J connectivity index is 1.84. The summed E-state index contributed by atoms with van der Waals surface area (Å²) in [4.78, 5) is 0. The van der Waals surface area contributed by atoms with Gasteiger partial charge in [0.05, 0.1) is 14.2 Å². The molecule has 23 heavy (non-hydrogen) atoms. The van der Waals surface area contributed by atoms with Crippen LogP contribution in [0.4, 0.5) is 4.39 Å². The molecule has 0 N–H and O–H groups in total. The molecule has 0 aliphatic heterocycles. The first-order valence-corrected chi connectivity index (χ1v) is 8.09. The molecule has 0 spiro atoms. The molecule has 0 bridgehead atoms. The topological polar surface area (TPSA) is 18.5 Å². The number of methoxy groups -OCH3 is 2. The van der Waals surface area contributed by atoms with Gasteiger partial charge in [-0.15, -0.1) is 0 Å². The van der Waals surface area contributed by atoms with Crippen molar-refractivity contribution < 1.29 is 13.9 Å². The van der Waals surface area contributed by atoms with Crippen LogP contribution in [0.2, 0.25) is 0 Å². The lowest BCUT2D eigenvalue weighted by atomic mass is 9.94. The molecule has 0 radical (unpaired) electrons. The predicted octanol–water partition coefficient (Wildman–Crippen LogP) is 5.36. The number of rotatable bonds is 8. The van der Waals surface area contributed by atoms with Crippen molar-refractivity contribution in [1.29, 1.82) is 0 Å². The second-order valence-corrected chi connectivity index (χ2v) is 5.92. The van der Waals surface area contributed by atoms with Crippen molar-refractivity contribution in [3.63, 3.8) is 0 Å². The number of unbranched alkanes of at least 4 members (excludes halogenated alkanes) is 1. The predicted molar refractivity (Wildman–Crippen MR) is 91.9 cm³/mol. The molecule has 0 saturated heterocycles. The zero-order chi connectivity index (χ0) is 16.7. The SMILES string of the molecule is COc1cc(OC)cc(C(C)CCCCc2ccc(F)cc2)c1. The van der Waals surface area contributed by atoms with Crippen molar-refractivity contribution in [1.82, 2.24) is 0 Å². The van der Waals surface area contributed by atoms with Gasteiger partial charge in [-0.1, -0.05) is 25.5 Å². The fourth-order valence-corrected chi connectivity index (χ4v) is 2.71. The minimum Gasteiger partial charge on any atom is -0.497 e. The molecule has 1 unspecified atom stereocenters. The van der Waals surface area contributed by atoms with E-state index in [0.29, 0.717) is 5.92 Å². The van der Waals surface area contributed by atoms with E-state index in [1.165, 1.54) is 23.3 Å². The summed E-state index contributed by atoms with van der Waals surface area (Å²) in [5.74, 6) is 1.94. The molecule has 124 valence electrons. The van der Waals surface area contributed by atoms with Gasteiger partial charge in [0.1, 0.15) is 17.3 Å². The van der Waals surface area contributed by atoms with Gasteiger partial charge < -0.3 is 9.47 Å². The molecule has 0 heterocycles. The molecule has 2 aromatic carbocycles. The number of benzene rings is 2. The molecule has 0 fully saturated rings. The van der Waals surface area contributed by atoms with Crippen molar-refractivity contribution in [2.45, 2.75) is 38.5 Å². The Labute approximate surface area is 138 Å². The van der Waals surface area contributed by atoms with Crippen molar-refractivity contribution in [2.24, 2.45) is 0 Å². The number of hydrogen-bond donors (Lipinski definition) is 0. The van der Waals surface area contributed by atoms with E-state index in [1.54, 1.807) is 14.2 Å². The number of hydrogen-bond acceptors (Lipinski definition) is 2. The molecular weight excluding hydrogens is 291 g/mol. The summed E-state index contributed by atoms with van der Waals surface area (Å²) in [7, 11) is 3.35. The van der Waals surface area contributed by atoms with Crippen molar-refractivity contribution in [3.8, 4) is 11.5 Å². The van der Waals surface area contributed by atoms with Crippen LogP contribution in [-0.4, -0.2) is 14.2 Å². The summed E-state index contributed by atoms with van der Waals surface area (Å²) in [5.41, 5.74) is 2.44. The lowest BCUT2D eigenvalue weighted by molar-refractivity contribution is 0.392. The third kappa shape index (κ3) is 5.27. The van der Waals surface area contributed by atoms with Gasteiger partial charge in [0.15, 0.2) is 0 Å². The normalized spacial score (nSPS) is 12.0. The molecule has 0 amide bonds. The highest BCUT2D eigenvalue weighted by Crippen LogP contribution is 2.30. The Morgan fingerprint density at radius 2 is 1.52 bits per heavy atom. The van der Waals surface area contributed by atoms with Gasteiger partial charge >= 0.3 is 0 Å². The quantitative estimate of drug-likeness (QED) is 0.610. The molecule has 2 nitrogen and oxygen atoms in total. The van der Waals surface area contributed by atoms with E-state index in [2.05, 4.69) is 19.1 Å². The van der Waals surface area contributed by atoms with Gasteiger partial charge in [-0.2, -0.15) is 0 Å². The fourth-order valence-electron chi connectivity index (χ4n) is 2.71. The van der Waals surface area contributed by atoms with Crippen molar-refractivity contribution in [3.05, 3.63) is 59.4 Å². The van der Waals surface area contributed by atoms with Crippen LogP contribution in [0, 0.1) is 5.82 Å². The number of halogens is 1. The van der Waals surface area contributed by atoms with Crippen LogP contribution in [0.15, 0.2) is 42.5 Å². The second-order valence-electron chi connectivity index (χ2n) is 5.92. The molecule has 3 heteroatoms. The Bertz CT molecular complexity index is 585. The van der Waals surface area contributed by atoms with E-state index in [1.807, 2.05) is 18.2 Å². The third-order valence-corrected chi connectivity index (χ3v) is 4.21. The van der Waals surface area contributed by atoms with Crippen LogP contribution in [0.5, 0.6) is 11.5 Å². The van der Waals surface area contributed by atoms with Crippen LogP contribution >= 0.6 is 0 Å². The van der Waals surface area contributed by atoms with E-state index in [0.717, 1.165) is 37.2 Å². The molecule has 2 aromatic rings. The van der Waals surface area contributed by atoms with Crippen LogP contribution in [0.25, 0.3) is 0 Å². The highest BCUT2D eigenvalue weighted by atomic mass is 19.1. The Hall–Kier alpha value is -2.03. The van der Waals surface area contributed by atoms with E-state index >= 15 is 0 Å². The maximum Gasteiger partial charge on any atom is 0.123 e. The van der Waals surface area contributed by atoms with Crippen molar-refractivity contribution in [2.75, 3.05) is 14.2 Å². The summed E-state index contributed by atoms with van der Waals surface area (Å²) >= 11 is 0. The molecule has 0 aliphatic carbocycles. The Morgan fingerprint density at radius 3 is 2.09 bits per heavy atom. The Kier molecular flexibility index (Phi) is 6.45. The third-order valence-electron chi connectivity index (χ3n) is 4.21. The average molecular weight is 316 g/mol. The monoisotopic (exact) mass is 316 g/mol. The maximum absolute atomic E-state index is 12.9. The first-order chi connectivity index (χ1) is 11.1. The molecular formula is C20H25FO2. The minimum atomic E-state index is -0.172. The minimum absolute atomic E-state index is 0.172. The smallest absolute Gasteiger partial charge is 0.123 e. The summed E-state index contributed by atoms with van der Waals surface area (Å²) in [6, 6.07) is 12.8. The molecule has 1 atom stereocenters. The van der Waals surface area contributed by atoms with Crippen molar-refractivity contribution >= 4 is 0 Å². The first kappa shape index (κ1) is 17.3.